The lowest BCUT2D eigenvalue weighted by Gasteiger charge is -2.12. The van der Waals surface area contributed by atoms with Crippen LogP contribution in [0.1, 0.15) is 5.56 Å². The summed E-state index contributed by atoms with van der Waals surface area (Å²) in [5.41, 5.74) is 0.320. The van der Waals surface area contributed by atoms with Crippen molar-refractivity contribution in [1.29, 1.82) is 0 Å². The van der Waals surface area contributed by atoms with Gasteiger partial charge in [-0.1, -0.05) is 42.5 Å². The summed E-state index contributed by atoms with van der Waals surface area (Å²) in [7, 11) is 0. The predicted molar refractivity (Wildman–Crippen MR) is 63.1 cm³/mol. The SMILES string of the molecule is [C-]#[N+]c1ccc(-c2ccccc2C(F)(F)F)cc1. The smallest absolute Gasteiger partial charge is 0.238 e. The van der Waals surface area contributed by atoms with Crippen molar-refractivity contribution in [3.63, 3.8) is 0 Å². The van der Waals surface area contributed by atoms with Crippen LogP contribution in [-0.2, 0) is 6.18 Å². The molecule has 0 bridgehead atoms. The highest BCUT2D eigenvalue weighted by molar-refractivity contribution is 5.70. The molecule has 0 atom stereocenters. The fraction of sp³-hybridized carbons (Fsp3) is 0.0714. The van der Waals surface area contributed by atoms with Gasteiger partial charge in [0.15, 0.2) is 5.69 Å². The number of alkyl halides is 3. The van der Waals surface area contributed by atoms with Gasteiger partial charge in [0, 0.05) is 0 Å². The summed E-state index contributed by atoms with van der Waals surface area (Å²) >= 11 is 0. The van der Waals surface area contributed by atoms with Gasteiger partial charge in [0.25, 0.3) is 0 Å². The highest BCUT2D eigenvalue weighted by Crippen LogP contribution is 2.37. The summed E-state index contributed by atoms with van der Waals surface area (Å²) in [6.45, 7) is 6.81. The van der Waals surface area contributed by atoms with Gasteiger partial charge < -0.3 is 0 Å². The van der Waals surface area contributed by atoms with Crippen molar-refractivity contribution >= 4 is 5.69 Å². The number of hydrogen-bond acceptors (Lipinski definition) is 0. The molecule has 4 heteroatoms. The Morgan fingerprint density at radius 2 is 1.50 bits per heavy atom. The van der Waals surface area contributed by atoms with E-state index in [1.54, 1.807) is 6.07 Å². The summed E-state index contributed by atoms with van der Waals surface area (Å²) in [5, 5.41) is 0. The van der Waals surface area contributed by atoms with Gasteiger partial charge in [-0.25, -0.2) is 4.85 Å². The number of benzene rings is 2. The minimum atomic E-state index is -4.38. The highest BCUT2D eigenvalue weighted by Gasteiger charge is 2.33. The van der Waals surface area contributed by atoms with Crippen LogP contribution in [0.2, 0.25) is 0 Å². The Bertz CT molecular complexity index is 592. The van der Waals surface area contributed by atoms with E-state index in [-0.39, 0.29) is 5.56 Å². The van der Waals surface area contributed by atoms with Gasteiger partial charge in [-0.3, -0.25) is 0 Å². The summed E-state index contributed by atoms with van der Waals surface area (Å²) in [4.78, 5) is 3.20. The van der Waals surface area contributed by atoms with Gasteiger partial charge >= 0.3 is 6.18 Å². The molecule has 0 spiro atoms. The first-order chi connectivity index (χ1) is 8.52. The zero-order valence-corrected chi connectivity index (χ0v) is 9.20. The van der Waals surface area contributed by atoms with E-state index in [1.165, 1.54) is 36.4 Å². The lowest BCUT2D eigenvalue weighted by Crippen LogP contribution is -2.06. The first-order valence-corrected chi connectivity index (χ1v) is 5.16. The molecule has 0 amide bonds. The first-order valence-electron chi connectivity index (χ1n) is 5.16. The second kappa shape index (κ2) is 4.53. The van der Waals surface area contributed by atoms with E-state index in [0.29, 0.717) is 11.3 Å². The van der Waals surface area contributed by atoms with Crippen molar-refractivity contribution in [2.45, 2.75) is 6.18 Å². The van der Waals surface area contributed by atoms with E-state index in [0.717, 1.165) is 6.07 Å². The molecule has 0 fully saturated rings. The monoisotopic (exact) mass is 247 g/mol. The van der Waals surface area contributed by atoms with Gasteiger partial charge in [-0.15, -0.1) is 0 Å². The maximum absolute atomic E-state index is 12.8. The van der Waals surface area contributed by atoms with Crippen molar-refractivity contribution in [3.05, 3.63) is 65.5 Å². The maximum atomic E-state index is 12.8. The molecule has 2 rings (SSSR count). The molecule has 0 saturated heterocycles. The molecular weight excluding hydrogens is 239 g/mol. The fourth-order valence-corrected chi connectivity index (χ4v) is 1.70. The van der Waals surface area contributed by atoms with Crippen LogP contribution in [-0.4, -0.2) is 0 Å². The van der Waals surface area contributed by atoms with E-state index < -0.39 is 11.7 Å². The quantitative estimate of drug-likeness (QED) is 0.630. The van der Waals surface area contributed by atoms with Gasteiger partial charge in [0.2, 0.25) is 0 Å². The summed E-state index contributed by atoms with van der Waals surface area (Å²) < 4.78 is 38.5. The number of nitrogens with zero attached hydrogens (tertiary/aromatic N) is 1. The summed E-state index contributed by atoms with van der Waals surface area (Å²) in [6.07, 6.45) is -4.38. The Morgan fingerprint density at radius 3 is 2.06 bits per heavy atom. The van der Waals surface area contributed by atoms with Crippen molar-refractivity contribution < 1.29 is 13.2 Å². The van der Waals surface area contributed by atoms with Crippen molar-refractivity contribution in [2.24, 2.45) is 0 Å². The molecule has 0 radical (unpaired) electrons. The van der Waals surface area contributed by atoms with Gasteiger partial charge in [0.05, 0.1) is 12.1 Å². The van der Waals surface area contributed by atoms with E-state index in [2.05, 4.69) is 4.85 Å². The molecule has 0 aliphatic heterocycles. The Labute approximate surface area is 102 Å². The third kappa shape index (κ3) is 2.35. The Balaban J connectivity index is 2.54. The topological polar surface area (TPSA) is 4.36 Å². The molecule has 90 valence electrons. The first kappa shape index (κ1) is 12.2. The second-order valence-electron chi connectivity index (χ2n) is 3.70. The second-order valence-corrected chi connectivity index (χ2v) is 3.70. The van der Waals surface area contributed by atoms with E-state index in [1.807, 2.05) is 0 Å². The van der Waals surface area contributed by atoms with Gasteiger partial charge in [0.1, 0.15) is 0 Å². The molecule has 18 heavy (non-hydrogen) atoms. The maximum Gasteiger partial charge on any atom is 0.417 e. The number of hydrogen-bond donors (Lipinski definition) is 0. The van der Waals surface area contributed by atoms with Crippen molar-refractivity contribution in [2.75, 3.05) is 0 Å². The minimum absolute atomic E-state index is 0.126. The largest absolute Gasteiger partial charge is 0.417 e. The molecule has 0 unspecified atom stereocenters. The van der Waals surface area contributed by atoms with E-state index in [9.17, 15) is 13.2 Å². The summed E-state index contributed by atoms with van der Waals surface area (Å²) in [5.74, 6) is 0. The highest BCUT2D eigenvalue weighted by atomic mass is 19.4. The van der Waals surface area contributed by atoms with Crippen molar-refractivity contribution in [1.82, 2.24) is 0 Å². The van der Waals surface area contributed by atoms with E-state index >= 15 is 0 Å². The number of rotatable bonds is 1. The molecule has 0 aliphatic carbocycles. The van der Waals surface area contributed by atoms with Crippen molar-refractivity contribution in [3.8, 4) is 11.1 Å². The number of halogens is 3. The molecule has 2 aromatic carbocycles. The molecular formula is C14H8F3N. The van der Waals surface area contributed by atoms with Crippen LogP contribution in [0.5, 0.6) is 0 Å². The van der Waals surface area contributed by atoms with Gasteiger partial charge in [-0.2, -0.15) is 13.2 Å². The Hall–Kier alpha value is -2.28. The lowest BCUT2D eigenvalue weighted by atomic mass is 9.99. The molecule has 0 saturated carbocycles. The standard InChI is InChI=1S/C14H8F3N/c1-18-11-8-6-10(7-9-11)12-4-2-3-5-13(12)14(15,16)17/h2-9H. The molecule has 0 heterocycles. The average molecular weight is 247 g/mol. The van der Waals surface area contributed by atoms with Gasteiger partial charge in [-0.05, 0) is 17.2 Å². The van der Waals surface area contributed by atoms with Crippen LogP contribution in [0.4, 0.5) is 18.9 Å². The lowest BCUT2D eigenvalue weighted by molar-refractivity contribution is -0.137. The van der Waals surface area contributed by atoms with Crippen LogP contribution >= 0.6 is 0 Å². The zero-order chi connectivity index (χ0) is 13.2. The normalized spacial score (nSPS) is 11.0. The third-order valence-corrected chi connectivity index (χ3v) is 2.54. The van der Waals surface area contributed by atoms with E-state index in [4.69, 9.17) is 6.57 Å². The Kier molecular flexibility index (Phi) is 3.07. The average Bonchev–Trinajstić information content (AvgIpc) is 2.38. The molecule has 0 aromatic heterocycles. The Morgan fingerprint density at radius 1 is 0.889 bits per heavy atom. The van der Waals surface area contributed by atoms with Crippen LogP contribution in [0.3, 0.4) is 0 Å². The minimum Gasteiger partial charge on any atom is -0.238 e. The summed E-state index contributed by atoms with van der Waals surface area (Å²) in [6, 6.07) is 11.5. The van der Waals surface area contributed by atoms with Crippen LogP contribution in [0, 0.1) is 6.57 Å². The van der Waals surface area contributed by atoms with Crippen LogP contribution < -0.4 is 0 Å². The molecule has 2 aromatic rings. The third-order valence-electron chi connectivity index (χ3n) is 2.54. The zero-order valence-electron chi connectivity index (χ0n) is 9.20. The molecule has 1 nitrogen and oxygen atoms in total. The van der Waals surface area contributed by atoms with Crippen LogP contribution in [0.15, 0.2) is 48.5 Å². The fourth-order valence-electron chi connectivity index (χ4n) is 1.70. The molecule has 0 aliphatic rings. The van der Waals surface area contributed by atoms with Crippen LogP contribution in [0.25, 0.3) is 16.0 Å². The predicted octanol–water partition coefficient (Wildman–Crippen LogP) is 4.92. The molecule has 0 N–H and O–H groups in total.